The molecule has 1 radical (unpaired) electrons. The second-order valence-corrected chi connectivity index (χ2v) is 12.5. The molecule has 0 nitrogen and oxygen atoms in total. The molecule has 0 aliphatic carbocycles. The van der Waals surface area contributed by atoms with Crippen LogP contribution in [-0.2, 0) is 0 Å². The Morgan fingerprint density at radius 1 is 0.900 bits per heavy atom. The number of rotatable bonds is 3. The Hall–Kier alpha value is 0.647. The Balaban J connectivity index is 3.98. The second kappa shape index (κ2) is 4.51. The highest BCUT2D eigenvalue weighted by Gasteiger charge is 2.20. The lowest BCUT2D eigenvalue weighted by Crippen LogP contribution is -2.14. The lowest BCUT2D eigenvalue weighted by atomic mass is 10.5. The minimum atomic E-state index is -0.00720. The van der Waals surface area contributed by atoms with Gasteiger partial charge >= 0.3 is 0 Å². The first kappa shape index (κ1) is 10.6. The quantitative estimate of drug-likeness (QED) is 0.454. The highest BCUT2D eigenvalue weighted by atomic mass is 31.4. The van der Waals surface area contributed by atoms with Crippen LogP contribution in [0.25, 0.3) is 0 Å². The summed E-state index contributed by atoms with van der Waals surface area (Å²) in [6.45, 7) is 14.4. The Labute approximate surface area is 68.6 Å². The molecule has 0 amide bonds. The molecule has 0 N–H and O–H groups in total. The van der Waals surface area contributed by atoms with Crippen LogP contribution >= 0.6 is 7.47 Å². The molecular weight excluding hydrogens is 155 g/mol. The third-order valence-electron chi connectivity index (χ3n) is 1.63. The molecule has 10 heavy (non-hydrogen) atoms. The molecule has 0 bridgehead atoms. The van der Waals surface area contributed by atoms with E-state index in [0.29, 0.717) is 7.47 Å². The Kier molecular flexibility index (Phi) is 4.80. The fraction of sp³-hybridized carbons (Fsp3) is 1.00. The third-order valence-corrected chi connectivity index (χ3v) is 11.1. The molecule has 0 aromatic carbocycles. The van der Waals surface area contributed by atoms with Crippen molar-refractivity contribution in [1.29, 1.82) is 0 Å². The summed E-state index contributed by atoms with van der Waals surface area (Å²) in [6.07, 6.45) is 0. The zero-order chi connectivity index (χ0) is 8.31. The predicted octanol–water partition coefficient (Wildman–Crippen LogP) is 3.54. The van der Waals surface area contributed by atoms with Gasteiger partial charge in [-0.2, -0.15) is 0 Å². The highest BCUT2D eigenvalue weighted by molar-refractivity contribution is 7.90. The lowest BCUT2D eigenvalue weighted by molar-refractivity contribution is 1.02. The second-order valence-electron chi connectivity index (χ2n) is 3.54. The first-order chi connectivity index (χ1) is 4.46. The van der Waals surface area contributed by atoms with E-state index in [-0.39, 0.29) is 8.46 Å². The predicted molar refractivity (Wildman–Crippen MR) is 54.7 cm³/mol. The zero-order valence-electron chi connectivity index (χ0n) is 8.10. The smallest absolute Gasteiger partial charge is 0.0740 e. The Morgan fingerprint density at radius 2 is 1.20 bits per heavy atom. The largest absolute Gasteiger partial charge is 0.116 e. The van der Waals surface area contributed by atoms with Crippen molar-refractivity contribution in [2.24, 2.45) is 0 Å². The van der Waals surface area contributed by atoms with Gasteiger partial charge in [0.1, 0.15) is 0 Å². The topological polar surface area (TPSA) is 0 Å². The van der Waals surface area contributed by atoms with Gasteiger partial charge in [0.25, 0.3) is 0 Å². The van der Waals surface area contributed by atoms with Crippen molar-refractivity contribution in [3.8, 4) is 0 Å². The van der Waals surface area contributed by atoms with Crippen molar-refractivity contribution in [3.05, 3.63) is 0 Å². The van der Waals surface area contributed by atoms with Gasteiger partial charge in [-0.05, 0) is 11.3 Å². The number of hydrogen-bond acceptors (Lipinski definition) is 0. The molecule has 0 aliphatic rings. The fourth-order valence-electron chi connectivity index (χ4n) is 1.63. The molecular formula is C8H20PSi. The van der Waals surface area contributed by atoms with Crippen LogP contribution in [0.15, 0.2) is 0 Å². The number of hydrogen-bond donors (Lipinski definition) is 0. The maximum atomic E-state index is 2.45. The van der Waals surface area contributed by atoms with E-state index in [1.807, 2.05) is 0 Å². The molecule has 0 aliphatic heterocycles. The van der Waals surface area contributed by atoms with E-state index in [4.69, 9.17) is 0 Å². The van der Waals surface area contributed by atoms with Gasteiger partial charge < -0.3 is 0 Å². The monoisotopic (exact) mass is 175 g/mol. The van der Waals surface area contributed by atoms with Crippen LogP contribution in [0.3, 0.4) is 0 Å². The van der Waals surface area contributed by atoms with Crippen LogP contribution in [0.2, 0.25) is 13.1 Å². The average Bonchev–Trinajstić information content (AvgIpc) is 1.59. The van der Waals surface area contributed by atoms with E-state index in [2.05, 4.69) is 40.8 Å². The summed E-state index contributed by atoms with van der Waals surface area (Å²) in [7, 11) is 0.357. The maximum Gasteiger partial charge on any atom is 0.0740 e. The Bertz CT molecular complexity index is 70.2. The van der Waals surface area contributed by atoms with Crippen LogP contribution < -0.4 is 0 Å². The standard InChI is InChI=1S/C8H20PSi/c1-7(2)9(8(3)4)10(5)6/h7-8H,1-6H3. The van der Waals surface area contributed by atoms with Gasteiger partial charge in [0.2, 0.25) is 0 Å². The van der Waals surface area contributed by atoms with Crippen molar-refractivity contribution in [2.45, 2.75) is 52.1 Å². The van der Waals surface area contributed by atoms with Gasteiger partial charge in [0.05, 0.1) is 8.46 Å². The molecule has 0 saturated heterocycles. The maximum absolute atomic E-state index is 2.45. The van der Waals surface area contributed by atoms with Crippen molar-refractivity contribution < 1.29 is 0 Å². The molecule has 0 unspecified atom stereocenters. The molecule has 0 fully saturated rings. The molecule has 0 atom stereocenters. The van der Waals surface area contributed by atoms with E-state index in [1.54, 1.807) is 0 Å². The summed E-state index contributed by atoms with van der Waals surface area (Å²) in [5.74, 6) is 0. The van der Waals surface area contributed by atoms with E-state index in [1.165, 1.54) is 0 Å². The molecule has 0 aromatic heterocycles. The summed E-state index contributed by atoms with van der Waals surface area (Å²) in [6, 6.07) is 0. The normalized spacial score (nSPS) is 12.6. The van der Waals surface area contributed by atoms with E-state index >= 15 is 0 Å². The van der Waals surface area contributed by atoms with Crippen molar-refractivity contribution in [1.82, 2.24) is 0 Å². The van der Waals surface area contributed by atoms with Gasteiger partial charge in [-0.15, -0.1) is 7.47 Å². The first-order valence-electron chi connectivity index (χ1n) is 4.05. The van der Waals surface area contributed by atoms with Gasteiger partial charge in [0, 0.05) is 0 Å². The summed E-state index contributed by atoms with van der Waals surface area (Å²) in [5, 5.41) is 0. The van der Waals surface area contributed by atoms with Gasteiger partial charge in [-0.3, -0.25) is 0 Å². The summed E-state index contributed by atoms with van der Waals surface area (Å²) < 4.78 is 0. The molecule has 0 spiro atoms. The van der Waals surface area contributed by atoms with E-state index < -0.39 is 0 Å². The van der Waals surface area contributed by atoms with Crippen LogP contribution in [0.4, 0.5) is 0 Å². The minimum Gasteiger partial charge on any atom is -0.116 e. The summed E-state index contributed by atoms with van der Waals surface area (Å²) >= 11 is 0. The SMILES string of the molecule is CC(C)P(C(C)C)[Si](C)C. The van der Waals surface area contributed by atoms with Crippen molar-refractivity contribution in [3.63, 3.8) is 0 Å². The molecule has 2 heteroatoms. The van der Waals surface area contributed by atoms with E-state index in [0.717, 1.165) is 11.3 Å². The van der Waals surface area contributed by atoms with Crippen molar-refractivity contribution >= 4 is 15.9 Å². The molecule has 0 aromatic rings. The van der Waals surface area contributed by atoms with Crippen LogP contribution in [0.1, 0.15) is 27.7 Å². The fourth-order valence-corrected chi connectivity index (χ4v) is 11.1. The summed E-state index contributed by atoms with van der Waals surface area (Å²) in [4.78, 5) is 0. The molecule has 61 valence electrons. The zero-order valence-corrected chi connectivity index (χ0v) is 10.00. The first-order valence-corrected chi connectivity index (χ1v) is 8.87. The van der Waals surface area contributed by atoms with Crippen LogP contribution in [-0.4, -0.2) is 19.8 Å². The molecule has 0 saturated carbocycles. The lowest BCUT2D eigenvalue weighted by Gasteiger charge is -2.28. The molecule has 0 heterocycles. The van der Waals surface area contributed by atoms with Gasteiger partial charge in [0.15, 0.2) is 0 Å². The van der Waals surface area contributed by atoms with Crippen LogP contribution in [0, 0.1) is 0 Å². The molecule has 0 rings (SSSR count). The van der Waals surface area contributed by atoms with Gasteiger partial charge in [-0.25, -0.2) is 0 Å². The minimum absolute atomic E-state index is 0.00720. The summed E-state index contributed by atoms with van der Waals surface area (Å²) in [5.41, 5.74) is 1.89. The highest BCUT2D eigenvalue weighted by Crippen LogP contribution is 2.48. The van der Waals surface area contributed by atoms with Gasteiger partial charge in [-0.1, -0.05) is 40.8 Å². The van der Waals surface area contributed by atoms with E-state index in [9.17, 15) is 0 Å². The third kappa shape index (κ3) is 3.16. The van der Waals surface area contributed by atoms with Crippen LogP contribution in [0.5, 0.6) is 0 Å². The van der Waals surface area contributed by atoms with Crippen molar-refractivity contribution in [2.75, 3.05) is 0 Å². The Morgan fingerprint density at radius 3 is 1.20 bits per heavy atom. The average molecular weight is 175 g/mol.